The van der Waals surface area contributed by atoms with E-state index in [0.29, 0.717) is 24.6 Å². The van der Waals surface area contributed by atoms with Gasteiger partial charge < -0.3 is 5.32 Å². The second-order valence-corrected chi connectivity index (χ2v) is 6.05. The summed E-state index contributed by atoms with van der Waals surface area (Å²) in [5.41, 5.74) is 5.38. The molecular weight excluding hydrogens is 274 g/mol. The van der Waals surface area contributed by atoms with Gasteiger partial charge in [0.05, 0.1) is 12.2 Å². The van der Waals surface area contributed by atoms with Gasteiger partial charge in [-0.25, -0.2) is 0 Å². The van der Waals surface area contributed by atoms with E-state index in [0.717, 1.165) is 11.4 Å². The van der Waals surface area contributed by atoms with Crippen molar-refractivity contribution in [3.05, 3.63) is 52.3 Å². The monoisotopic (exact) mass is 299 g/mol. The molecule has 0 spiro atoms. The number of benzene rings is 1. The quantitative estimate of drug-likeness (QED) is 0.920. The summed E-state index contributed by atoms with van der Waals surface area (Å²) in [5, 5.41) is 7.43. The maximum atomic E-state index is 12.1. The van der Waals surface area contributed by atoms with Gasteiger partial charge >= 0.3 is 0 Å². The molecule has 1 N–H and O–H groups in total. The zero-order valence-corrected chi connectivity index (χ0v) is 14.1. The Labute approximate surface area is 132 Å². The van der Waals surface area contributed by atoms with E-state index in [-0.39, 0.29) is 5.91 Å². The normalized spacial score (nSPS) is 11.0. The first-order valence-corrected chi connectivity index (χ1v) is 7.79. The molecule has 2 aromatic rings. The molecule has 0 bridgehead atoms. The summed E-state index contributed by atoms with van der Waals surface area (Å²) in [6, 6.07) is 7.81. The highest BCUT2D eigenvalue weighted by atomic mass is 16.1. The highest BCUT2D eigenvalue weighted by Gasteiger charge is 2.09. The topological polar surface area (TPSA) is 46.9 Å². The molecule has 4 heteroatoms. The average molecular weight is 299 g/mol. The highest BCUT2D eigenvalue weighted by Crippen LogP contribution is 2.14. The van der Waals surface area contributed by atoms with E-state index < -0.39 is 0 Å². The first kappa shape index (κ1) is 16.3. The van der Waals surface area contributed by atoms with Crippen molar-refractivity contribution in [1.82, 2.24) is 15.1 Å². The summed E-state index contributed by atoms with van der Waals surface area (Å²) >= 11 is 0. The Hall–Kier alpha value is -2.10. The maximum absolute atomic E-state index is 12.1. The van der Waals surface area contributed by atoms with E-state index in [2.05, 4.69) is 38.1 Å². The van der Waals surface area contributed by atoms with Crippen LogP contribution >= 0.6 is 0 Å². The van der Waals surface area contributed by atoms with E-state index in [1.54, 1.807) is 0 Å². The fourth-order valence-corrected chi connectivity index (χ4v) is 2.40. The largest absolute Gasteiger partial charge is 0.350 e. The summed E-state index contributed by atoms with van der Waals surface area (Å²) in [5.74, 6) is 0.444. The lowest BCUT2D eigenvalue weighted by Crippen LogP contribution is -2.27. The van der Waals surface area contributed by atoms with Gasteiger partial charge in [-0.3, -0.25) is 9.48 Å². The van der Waals surface area contributed by atoms with Gasteiger partial charge in [0, 0.05) is 17.8 Å². The predicted octanol–water partition coefficient (Wildman–Crippen LogP) is 3.36. The number of carbonyl (C=O) groups excluding carboxylic acids is 1. The van der Waals surface area contributed by atoms with E-state index in [1.165, 1.54) is 11.1 Å². The van der Waals surface area contributed by atoms with Crippen LogP contribution in [0.5, 0.6) is 0 Å². The van der Waals surface area contributed by atoms with Crippen LogP contribution < -0.4 is 5.32 Å². The third kappa shape index (κ3) is 3.56. The van der Waals surface area contributed by atoms with Gasteiger partial charge in [-0.1, -0.05) is 26.0 Å². The summed E-state index contributed by atoms with van der Waals surface area (Å²) in [6.45, 7) is 11.7. The highest BCUT2D eigenvalue weighted by molar-refractivity contribution is 5.94. The lowest BCUT2D eigenvalue weighted by atomic mass is 10.0. The number of carbonyl (C=O) groups is 1. The number of aryl methyl sites for hydroxylation is 1. The maximum Gasteiger partial charge on any atom is 0.251 e. The van der Waals surface area contributed by atoms with Gasteiger partial charge in [0.1, 0.15) is 0 Å². The fourth-order valence-electron chi connectivity index (χ4n) is 2.40. The number of aromatic nitrogens is 2. The third-order valence-electron chi connectivity index (χ3n) is 4.19. The Morgan fingerprint density at radius 3 is 2.32 bits per heavy atom. The number of hydrogen-bond acceptors (Lipinski definition) is 2. The number of amides is 1. The van der Waals surface area contributed by atoms with Crippen LogP contribution in [0.15, 0.2) is 24.3 Å². The zero-order valence-electron chi connectivity index (χ0n) is 14.1. The number of nitrogens with zero attached hydrogens (tertiary/aromatic N) is 2. The molecule has 1 aromatic heterocycles. The van der Waals surface area contributed by atoms with Crippen molar-refractivity contribution in [2.24, 2.45) is 0 Å². The molecule has 22 heavy (non-hydrogen) atoms. The molecule has 1 heterocycles. The van der Waals surface area contributed by atoms with Crippen molar-refractivity contribution in [1.29, 1.82) is 0 Å². The molecule has 0 atom stereocenters. The van der Waals surface area contributed by atoms with Gasteiger partial charge in [0.2, 0.25) is 0 Å². The summed E-state index contributed by atoms with van der Waals surface area (Å²) in [7, 11) is 0. The number of rotatable bonds is 5. The van der Waals surface area contributed by atoms with E-state index in [4.69, 9.17) is 0 Å². The van der Waals surface area contributed by atoms with Gasteiger partial charge in [-0.15, -0.1) is 0 Å². The van der Waals surface area contributed by atoms with Crippen LogP contribution in [0.4, 0.5) is 0 Å². The van der Waals surface area contributed by atoms with Gasteiger partial charge in [0.15, 0.2) is 0 Å². The Morgan fingerprint density at radius 1 is 1.18 bits per heavy atom. The average Bonchev–Trinajstić information content (AvgIpc) is 2.74. The third-order valence-corrected chi connectivity index (χ3v) is 4.19. The molecule has 2 rings (SSSR count). The molecule has 0 aliphatic heterocycles. The van der Waals surface area contributed by atoms with Crippen molar-refractivity contribution < 1.29 is 4.79 Å². The van der Waals surface area contributed by atoms with Crippen molar-refractivity contribution in [2.75, 3.05) is 6.54 Å². The Balaban J connectivity index is 1.91. The Bertz CT molecular complexity index is 654. The van der Waals surface area contributed by atoms with Crippen LogP contribution in [-0.4, -0.2) is 22.2 Å². The number of hydrogen-bond donors (Lipinski definition) is 1. The van der Waals surface area contributed by atoms with Crippen molar-refractivity contribution in [3.63, 3.8) is 0 Å². The Kier molecular flexibility index (Phi) is 5.01. The molecule has 118 valence electrons. The first-order valence-electron chi connectivity index (χ1n) is 7.79. The van der Waals surface area contributed by atoms with E-state index >= 15 is 0 Å². The smallest absolute Gasteiger partial charge is 0.251 e. The summed E-state index contributed by atoms with van der Waals surface area (Å²) in [4.78, 5) is 12.1. The molecule has 0 radical (unpaired) electrons. The second kappa shape index (κ2) is 6.77. The SMILES string of the molecule is Cc1nn(CCNC(=O)c2ccc(C(C)C)cc2)c(C)c1C. The molecule has 0 unspecified atom stereocenters. The molecule has 0 aliphatic carbocycles. The molecule has 0 fully saturated rings. The molecule has 4 nitrogen and oxygen atoms in total. The van der Waals surface area contributed by atoms with E-state index in [1.807, 2.05) is 35.9 Å². The first-order chi connectivity index (χ1) is 10.4. The molecule has 1 aromatic carbocycles. The van der Waals surface area contributed by atoms with Crippen LogP contribution in [0, 0.1) is 20.8 Å². The standard InChI is InChI=1S/C18H25N3O/c1-12(2)16-6-8-17(9-7-16)18(22)19-10-11-21-15(5)13(3)14(4)20-21/h6-9,12H,10-11H2,1-5H3,(H,19,22). The van der Waals surface area contributed by atoms with Crippen molar-refractivity contribution >= 4 is 5.91 Å². The molecule has 0 saturated carbocycles. The minimum atomic E-state index is -0.0337. The Morgan fingerprint density at radius 2 is 1.82 bits per heavy atom. The van der Waals surface area contributed by atoms with Crippen LogP contribution in [-0.2, 0) is 6.54 Å². The molecule has 0 saturated heterocycles. The van der Waals surface area contributed by atoms with Crippen LogP contribution in [0.25, 0.3) is 0 Å². The lowest BCUT2D eigenvalue weighted by Gasteiger charge is -2.09. The van der Waals surface area contributed by atoms with E-state index in [9.17, 15) is 4.79 Å². The van der Waals surface area contributed by atoms with Crippen LogP contribution in [0.1, 0.15) is 52.6 Å². The molecular formula is C18H25N3O. The minimum Gasteiger partial charge on any atom is -0.350 e. The van der Waals surface area contributed by atoms with Crippen molar-refractivity contribution in [2.45, 2.75) is 47.1 Å². The van der Waals surface area contributed by atoms with Gasteiger partial charge in [-0.2, -0.15) is 5.10 Å². The summed E-state index contributed by atoms with van der Waals surface area (Å²) in [6.07, 6.45) is 0. The second-order valence-electron chi connectivity index (χ2n) is 6.05. The fraction of sp³-hybridized carbons (Fsp3) is 0.444. The summed E-state index contributed by atoms with van der Waals surface area (Å²) < 4.78 is 1.95. The molecule has 1 amide bonds. The van der Waals surface area contributed by atoms with Crippen LogP contribution in [0.3, 0.4) is 0 Å². The predicted molar refractivity (Wildman–Crippen MR) is 89.3 cm³/mol. The number of nitrogens with one attached hydrogen (secondary N) is 1. The van der Waals surface area contributed by atoms with Crippen molar-refractivity contribution in [3.8, 4) is 0 Å². The minimum absolute atomic E-state index is 0.0337. The lowest BCUT2D eigenvalue weighted by molar-refractivity contribution is 0.0952. The zero-order chi connectivity index (χ0) is 16.3. The van der Waals surface area contributed by atoms with Gasteiger partial charge in [-0.05, 0) is 49.9 Å². The van der Waals surface area contributed by atoms with Gasteiger partial charge in [0.25, 0.3) is 5.91 Å². The van der Waals surface area contributed by atoms with Crippen LogP contribution in [0.2, 0.25) is 0 Å². The molecule has 0 aliphatic rings.